The SMILES string of the molecule is CC(C)n1c(=O)c2cnc(Nc3ccc4c(c3)CCNC4)nc2n1C1=CC=C(C#N)CC1. The van der Waals surface area contributed by atoms with Gasteiger partial charge in [0.15, 0.2) is 5.65 Å². The Bertz CT molecular complexity index is 1370. The highest BCUT2D eigenvalue weighted by Gasteiger charge is 2.21. The van der Waals surface area contributed by atoms with Gasteiger partial charge in [0.05, 0.1) is 6.07 Å². The van der Waals surface area contributed by atoms with Crippen LogP contribution in [0.25, 0.3) is 16.7 Å². The number of aromatic nitrogens is 4. The highest BCUT2D eigenvalue weighted by molar-refractivity contribution is 5.79. The molecule has 32 heavy (non-hydrogen) atoms. The van der Waals surface area contributed by atoms with Crippen LogP contribution in [0.5, 0.6) is 0 Å². The van der Waals surface area contributed by atoms with Crippen molar-refractivity contribution in [2.75, 3.05) is 11.9 Å². The molecule has 0 spiro atoms. The van der Waals surface area contributed by atoms with E-state index in [4.69, 9.17) is 4.98 Å². The van der Waals surface area contributed by atoms with E-state index in [1.54, 1.807) is 10.9 Å². The van der Waals surface area contributed by atoms with Crippen LogP contribution >= 0.6 is 0 Å². The third-order valence-corrected chi connectivity index (χ3v) is 6.00. The Kier molecular flexibility index (Phi) is 5.11. The number of allylic oxidation sites excluding steroid dienone is 4. The average Bonchev–Trinajstić information content (AvgIpc) is 3.11. The second-order valence-corrected chi connectivity index (χ2v) is 8.48. The van der Waals surface area contributed by atoms with Crippen LogP contribution in [0.15, 0.2) is 46.9 Å². The number of fused-ring (bicyclic) bond motifs is 2. The van der Waals surface area contributed by atoms with Gasteiger partial charge in [0, 0.05) is 35.7 Å². The minimum Gasteiger partial charge on any atom is -0.324 e. The molecule has 2 aromatic heterocycles. The summed E-state index contributed by atoms with van der Waals surface area (Å²) < 4.78 is 3.60. The first-order chi connectivity index (χ1) is 15.5. The van der Waals surface area contributed by atoms with E-state index in [1.807, 2.05) is 36.7 Å². The molecule has 5 rings (SSSR count). The molecule has 8 heteroatoms. The van der Waals surface area contributed by atoms with Crippen LogP contribution in [-0.2, 0) is 13.0 Å². The van der Waals surface area contributed by atoms with Gasteiger partial charge in [-0.05, 0) is 75.1 Å². The first kappa shape index (κ1) is 20.2. The van der Waals surface area contributed by atoms with Crippen LogP contribution in [0.1, 0.15) is 43.9 Å². The molecule has 0 saturated carbocycles. The minimum absolute atomic E-state index is 0.0513. The standard InChI is InChI=1S/C24H25N7O/c1-15(2)30-23(32)21-14-27-24(28-19-6-5-18-13-26-10-9-17(18)11-19)29-22(21)31(30)20-7-3-16(12-25)4-8-20/h3,5-7,11,14-15,26H,4,8-10,13H2,1-2H3,(H,27,28,29). The van der Waals surface area contributed by atoms with Crippen LogP contribution in [-0.4, -0.2) is 25.9 Å². The summed E-state index contributed by atoms with van der Waals surface area (Å²) in [5.74, 6) is 0.450. The Balaban J connectivity index is 1.59. The maximum atomic E-state index is 13.1. The molecule has 2 N–H and O–H groups in total. The summed E-state index contributed by atoms with van der Waals surface area (Å²) >= 11 is 0. The van der Waals surface area contributed by atoms with Crippen molar-refractivity contribution in [3.63, 3.8) is 0 Å². The number of hydrogen-bond acceptors (Lipinski definition) is 6. The maximum absolute atomic E-state index is 13.1. The number of hydrogen-bond donors (Lipinski definition) is 2. The second-order valence-electron chi connectivity index (χ2n) is 8.48. The maximum Gasteiger partial charge on any atom is 0.278 e. The molecule has 3 aromatic rings. The largest absolute Gasteiger partial charge is 0.324 e. The molecule has 1 aliphatic heterocycles. The lowest BCUT2D eigenvalue weighted by Crippen LogP contribution is -2.25. The molecule has 2 aliphatic rings. The van der Waals surface area contributed by atoms with Crippen LogP contribution in [0.2, 0.25) is 0 Å². The zero-order valence-corrected chi connectivity index (χ0v) is 18.2. The van der Waals surface area contributed by atoms with E-state index >= 15 is 0 Å². The fourth-order valence-corrected chi connectivity index (χ4v) is 4.38. The van der Waals surface area contributed by atoms with E-state index in [-0.39, 0.29) is 11.6 Å². The van der Waals surface area contributed by atoms with Crippen LogP contribution in [0, 0.1) is 11.3 Å². The Hall–Kier alpha value is -3.70. The fourth-order valence-electron chi connectivity index (χ4n) is 4.38. The van der Waals surface area contributed by atoms with Gasteiger partial charge in [-0.1, -0.05) is 6.07 Å². The summed E-state index contributed by atoms with van der Waals surface area (Å²) in [6.45, 7) is 5.83. The molecule has 1 aliphatic carbocycles. The Morgan fingerprint density at radius 2 is 2.06 bits per heavy atom. The summed E-state index contributed by atoms with van der Waals surface area (Å²) in [6.07, 6.45) is 7.64. The zero-order valence-electron chi connectivity index (χ0n) is 18.2. The molecular formula is C24H25N7O. The lowest BCUT2D eigenvalue weighted by Gasteiger charge is -2.20. The molecule has 1 aromatic carbocycles. The molecule has 0 unspecified atom stereocenters. The molecule has 0 bridgehead atoms. The van der Waals surface area contributed by atoms with Crippen molar-refractivity contribution >= 4 is 28.4 Å². The molecule has 0 fully saturated rings. The number of nitrogens with one attached hydrogen (secondary N) is 2. The van der Waals surface area contributed by atoms with Gasteiger partial charge in [-0.15, -0.1) is 0 Å². The summed E-state index contributed by atoms with van der Waals surface area (Å²) in [6, 6.07) is 8.46. The van der Waals surface area contributed by atoms with Crippen molar-refractivity contribution in [1.29, 1.82) is 5.26 Å². The van der Waals surface area contributed by atoms with Gasteiger partial charge in [0.25, 0.3) is 5.56 Å². The first-order valence-corrected chi connectivity index (χ1v) is 10.9. The van der Waals surface area contributed by atoms with Gasteiger partial charge in [-0.3, -0.25) is 4.79 Å². The van der Waals surface area contributed by atoms with Crippen LogP contribution in [0.4, 0.5) is 11.6 Å². The quantitative estimate of drug-likeness (QED) is 0.659. The van der Waals surface area contributed by atoms with Crippen molar-refractivity contribution in [2.45, 2.75) is 45.7 Å². The number of benzene rings is 1. The topological polar surface area (TPSA) is 101 Å². The van der Waals surface area contributed by atoms with Gasteiger partial charge >= 0.3 is 0 Å². The summed E-state index contributed by atoms with van der Waals surface area (Å²) in [5, 5.41) is 16.4. The third kappa shape index (κ3) is 3.51. The lowest BCUT2D eigenvalue weighted by atomic mass is 10.0. The van der Waals surface area contributed by atoms with Crippen molar-refractivity contribution < 1.29 is 0 Å². The van der Waals surface area contributed by atoms with Gasteiger partial charge in [0.1, 0.15) is 5.39 Å². The fraction of sp³-hybridized carbons (Fsp3) is 0.333. The predicted octanol–water partition coefficient (Wildman–Crippen LogP) is 3.65. The Morgan fingerprint density at radius 3 is 2.81 bits per heavy atom. The van der Waals surface area contributed by atoms with Crippen LogP contribution in [0.3, 0.4) is 0 Å². The molecule has 0 atom stereocenters. The van der Waals surface area contributed by atoms with Gasteiger partial charge in [-0.25, -0.2) is 14.3 Å². The number of nitriles is 1. The molecule has 8 nitrogen and oxygen atoms in total. The molecule has 162 valence electrons. The minimum atomic E-state index is -0.112. The second kappa shape index (κ2) is 8.09. The summed E-state index contributed by atoms with van der Waals surface area (Å²) in [7, 11) is 0. The number of anilines is 2. The number of rotatable bonds is 4. The molecule has 3 heterocycles. The van der Waals surface area contributed by atoms with E-state index < -0.39 is 0 Å². The predicted molar refractivity (Wildman–Crippen MR) is 125 cm³/mol. The first-order valence-electron chi connectivity index (χ1n) is 10.9. The van der Waals surface area contributed by atoms with Crippen molar-refractivity contribution in [3.05, 3.63) is 63.6 Å². The molecular weight excluding hydrogens is 402 g/mol. The molecule has 0 saturated heterocycles. The highest BCUT2D eigenvalue weighted by Crippen LogP contribution is 2.27. The van der Waals surface area contributed by atoms with Crippen molar-refractivity contribution in [2.24, 2.45) is 0 Å². The van der Waals surface area contributed by atoms with Gasteiger partial charge in [-0.2, -0.15) is 10.2 Å². The van der Waals surface area contributed by atoms with E-state index in [2.05, 4.69) is 33.8 Å². The summed E-state index contributed by atoms with van der Waals surface area (Å²) in [4.78, 5) is 22.3. The zero-order chi connectivity index (χ0) is 22.2. The van der Waals surface area contributed by atoms with E-state index in [0.29, 0.717) is 29.8 Å². The number of nitrogens with zero attached hydrogens (tertiary/aromatic N) is 5. The van der Waals surface area contributed by atoms with E-state index in [1.165, 1.54) is 11.1 Å². The van der Waals surface area contributed by atoms with Gasteiger partial charge in [0.2, 0.25) is 5.95 Å². The van der Waals surface area contributed by atoms with E-state index in [0.717, 1.165) is 36.5 Å². The van der Waals surface area contributed by atoms with Crippen molar-refractivity contribution in [3.8, 4) is 6.07 Å². The Morgan fingerprint density at radius 1 is 1.19 bits per heavy atom. The monoisotopic (exact) mass is 427 g/mol. The summed E-state index contributed by atoms with van der Waals surface area (Å²) in [5.41, 5.74) is 5.71. The molecule has 0 radical (unpaired) electrons. The third-order valence-electron chi connectivity index (χ3n) is 6.00. The van der Waals surface area contributed by atoms with Crippen LogP contribution < -0.4 is 16.2 Å². The van der Waals surface area contributed by atoms with E-state index in [9.17, 15) is 10.1 Å². The molecule has 0 amide bonds. The lowest BCUT2D eigenvalue weighted by molar-refractivity contribution is 0.476. The Labute approximate surface area is 185 Å². The average molecular weight is 428 g/mol. The van der Waals surface area contributed by atoms with Gasteiger partial charge < -0.3 is 10.6 Å². The normalized spacial score (nSPS) is 15.8. The smallest absolute Gasteiger partial charge is 0.278 e. The van der Waals surface area contributed by atoms with Crippen molar-refractivity contribution in [1.82, 2.24) is 24.6 Å². The highest BCUT2D eigenvalue weighted by atomic mass is 16.1.